The lowest BCUT2D eigenvalue weighted by Crippen LogP contribution is -2.12. The first-order chi connectivity index (χ1) is 26.6. The van der Waals surface area contributed by atoms with Crippen molar-refractivity contribution in [3.8, 4) is 0 Å². The van der Waals surface area contributed by atoms with Crippen LogP contribution < -0.4 is 9.80 Å². The van der Waals surface area contributed by atoms with Gasteiger partial charge in [-0.05, 0) is 89.3 Å². The first kappa shape index (κ1) is 31.8. The summed E-state index contributed by atoms with van der Waals surface area (Å²) in [4.78, 5) is 4.92. The lowest BCUT2D eigenvalue weighted by molar-refractivity contribution is 1.30. The molecule has 0 radical (unpaired) electrons. The summed E-state index contributed by atoms with van der Waals surface area (Å²) in [6.07, 6.45) is 0. The molecule has 10 aromatic rings. The maximum absolute atomic E-state index is 2.48. The van der Waals surface area contributed by atoms with Gasteiger partial charge in [0.2, 0.25) is 0 Å². The molecule has 0 aliphatic carbocycles. The molecule has 0 aliphatic rings. The van der Waals surface area contributed by atoms with Crippen molar-refractivity contribution in [1.82, 2.24) is 0 Å². The van der Waals surface area contributed by atoms with Crippen molar-refractivity contribution in [2.45, 2.75) is 13.8 Å². The molecule has 10 aromatic carbocycles. The Balaban J connectivity index is 1.29. The lowest BCUT2D eigenvalue weighted by atomic mass is 9.93. The second-order valence-corrected chi connectivity index (χ2v) is 14.3. The SMILES string of the molecule is Cc1ccc(N(c2cccc3ccccc23)c2cccc3c2ccc2c(N(c4ccc(C)cc4)c4cccc5ccccc45)c4ccccc4cc23)cc1. The summed E-state index contributed by atoms with van der Waals surface area (Å²) in [7, 11) is 0. The Morgan fingerprint density at radius 2 is 0.704 bits per heavy atom. The van der Waals surface area contributed by atoms with E-state index >= 15 is 0 Å². The Kier molecular flexibility index (Phi) is 7.63. The first-order valence-electron chi connectivity index (χ1n) is 18.7. The van der Waals surface area contributed by atoms with Gasteiger partial charge in [0.05, 0.1) is 22.7 Å². The molecule has 0 unspecified atom stereocenters. The van der Waals surface area contributed by atoms with Crippen LogP contribution in [-0.4, -0.2) is 0 Å². The fourth-order valence-corrected chi connectivity index (χ4v) is 8.29. The second-order valence-electron chi connectivity index (χ2n) is 14.3. The Morgan fingerprint density at radius 1 is 0.278 bits per heavy atom. The van der Waals surface area contributed by atoms with Crippen LogP contribution in [0.2, 0.25) is 0 Å². The molecule has 0 heterocycles. The monoisotopic (exact) mass is 690 g/mol. The van der Waals surface area contributed by atoms with Crippen LogP contribution in [0.3, 0.4) is 0 Å². The highest BCUT2D eigenvalue weighted by Crippen LogP contribution is 2.49. The molecule has 0 atom stereocenters. The summed E-state index contributed by atoms with van der Waals surface area (Å²) in [6, 6.07) is 71.2. The number of fused-ring (bicyclic) bond motifs is 6. The smallest absolute Gasteiger partial charge is 0.0618 e. The molecule has 0 saturated heterocycles. The van der Waals surface area contributed by atoms with Crippen molar-refractivity contribution in [2.75, 3.05) is 9.80 Å². The predicted molar refractivity (Wildman–Crippen MR) is 233 cm³/mol. The summed E-state index contributed by atoms with van der Waals surface area (Å²) in [5, 5.41) is 12.1. The molecule has 0 spiro atoms. The van der Waals surface area contributed by atoms with Crippen molar-refractivity contribution in [3.05, 3.63) is 205 Å². The van der Waals surface area contributed by atoms with Crippen LogP contribution in [-0.2, 0) is 0 Å². The molecular formula is C52H38N2. The highest BCUT2D eigenvalue weighted by atomic mass is 15.2. The Morgan fingerprint density at radius 3 is 1.31 bits per heavy atom. The fraction of sp³-hybridized carbons (Fsp3) is 0.0385. The number of hydrogen-bond donors (Lipinski definition) is 0. The normalized spacial score (nSPS) is 11.5. The van der Waals surface area contributed by atoms with E-state index in [-0.39, 0.29) is 0 Å². The Bertz CT molecular complexity index is 3000. The summed E-state index contributed by atoms with van der Waals surface area (Å²) >= 11 is 0. The van der Waals surface area contributed by atoms with Crippen LogP contribution in [0.15, 0.2) is 194 Å². The lowest BCUT2D eigenvalue weighted by Gasteiger charge is -2.30. The van der Waals surface area contributed by atoms with Crippen molar-refractivity contribution < 1.29 is 0 Å². The molecule has 10 rings (SSSR count). The molecular weight excluding hydrogens is 653 g/mol. The van der Waals surface area contributed by atoms with Gasteiger partial charge in [0.1, 0.15) is 0 Å². The van der Waals surface area contributed by atoms with E-state index in [0.717, 1.165) is 28.4 Å². The quantitative estimate of drug-likeness (QED) is 0.127. The highest BCUT2D eigenvalue weighted by Gasteiger charge is 2.23. The molecule has 0 saturated carbocycles. The van der Waals surface area contributed by atoms with E-state index in [1.165, 1.54) is 70.7 Å². The van der Waals surface area contributed by atoms with Crippen molar-refractivity contribution in [1.29, 1.82) is 0 Å². The third-order valence-electron chi connectivity index (χ3n) is 10.9. The average Bonchev–Trinajstić information content (AvgIpc) is 3.22. The molecule has 54 heavy (non-hydrogen) atoms. The van der Waals surface area contributed by atoms with E-state index in [1.807, 2.05) is 0 Å². The van der Waals surface area contributed by atoms with Gasteiger partial charge in [-0.15, -0.1) is 0 Å². The van der Waals surface area contributed by atoms with Gasteiger partial charge in [0.15, 0.2) is 0 Å². The molecule has 0 bridgehead atoms. The van der Waals surface area contributed by atoms with E-state index in [4.69, 9.17) is 0 Å². The maximum Gasteiger partial charge on any atom is 0.0618 e. The zero-order valence-corrected chi connectivity index (χ0v) is 30.4. The second kappa shape index (κ2) is 12.9. The van der Waals surface area contributed by atoms with E-state index in [9.17, 15) is 0 Å². The zero-order valence-electron chi connectivity index (χ0n) is 30.4. The summed E-state index contributed by atoms with van der Waals surface area (Å²) in [5.74, 6) is 0. The number of benzene rings is 10. The number of hydrogen-bond acceptors (Lipinski definition) is 2. The molecule has 0 aromatic heterocycles. The molecule has 2 heteroatoms. The van der Waals surface area contributed by atoms with Crippen molar-refractivity contribution in [3.63, 3.8) is 0 Å². The van der Waals surface area contributed by atoms with Gasteiger partial charge in [0.25, 0.3) is 0 Å². The molecule has 256 valence electrons. The van der Waals surface area contributed by atoms with Crippen LogP contribution in [0, 0.1) is 13.8 Å². The molecule has 0 aliphatic heterocycles. The zero-order chi connectivity index (χ0) is 36.2. The minimum atomic E-state index is 1.13. The van der Waals surface area contributed by atoms with Crippen molar-refractivity contribution in [2.24, 2.45) is 0 Å². The topological polar surface area (TPSA) is 6.48 Å². The van der Waals surface area contributed by atoms with E-state index in [1.54, 1.807) is 0 Å². The molecule has 2 nitrogen and oxygen atoms in total. The Labute approximate surface area is 315 Å². The first-order valence-corrected chi connectivity index (χ1v) is 18.7. The van der Waals surface area contributed by atoms with Gasteiger partial charge in [-0.3, -0.25) is 0 Å². The van der Waals surface area contributed by atoms with Crippen LogP contribution in [0.1, 0.15) is 11.1 Å². The number of rotatable bonds is 6. The van der Waals surface area contributed by atoms with Crippen molar-refractivity contribution >= 4 is 88.0 Å². The third-order valence-corrected chi connectivity index (χ3v) is 10.9. The number of anilines is 6. The molecule has 0 N–H and O–H groups in total. The minimum absolute atomic E-state index is 1.13. The Hall–Kier alpha value is -6.90. The van der Waals surface area contributed by atoms with Crippen LogP contribution in [0.25, 0.3) is 53.9 Å². The standard InChI is InChI=1S/C52H38N2/c1-35-24-28-40(29-25-35)53(49-21-9-15-37-12-3-6-17-42(37)49)51-23-11-20-45-46(51)32-33-47-48(45)34-39-14-5-8-19-44(39)52(47)54(41-30-26-36(2)27-31-41)50-22-10-16-38-13-4-7-18-43(38)50/h3-34H,1-2H3. The third kappa shape index (κ3) is 5.26. The molecule has 0 amide bonds. The number of nitrogens with zero attached hydrogens (tertiary/aromatic N) is 2. The summed E-state index contributed by atoms with van der Waals surface area (Å²) in [6.45, 7) is 4.30. The maximum atomic E-state index is 2.48. The van der Waals surface area contributed by atoms with E-state index in [0.29, 0.717) is 0 Å². The van der Waals surface area contributed by atoms with Crippen LogP contribution in [0.4, 0.5) is 34.1 Å². The van der Waals surface area contributed by atoms with Crippen LogP contribution in [0.5, 0.6) is 0 Å². The van der Waals surface area contributed by atoms with Gasteiger partial charge >= 0.3 is 0 Å². The highest BCUT2D eigenvalue weighted by molar-refractivity contribution is 6.23. The summed E-state index contributed by atoms with van der Waals surface area (Å²) in [5.41, 5.74) is 9.38. The summed E-state index contributed by atoms with van der Waals surface area (Å²) < 4.78 is 0. The van der Waals surface area contributed by atoms with Gasteiger partial charge in [-0.1, -0.05) is 157 Å². The predicted octanol–water partition coefficient (Wildman–Crippen LogP) is 15.0. The largest absolute Gasteiger partial charge is 0.309 e. The van der Waals surface area contributed by atoms with E-state index < -0.39 is 0 Å². The van der Waals surface area contributed by atoms with Gasteiger partial charge in [-0.2, -0.15) is 0 Å². The van der Waals surface area contributed by atoms with Gasteiger partial charge in [-0.25, -0.2) is 0 Å². The number of aryl methyl sites for hydroxylation is 2. The average molecular weight is 691 g/mol. The molecule has 0 fully saturated rings. The van der Waals surface area contributed by atoms with Gasteiger partial charge in [0, 0.05) is 38.3 Å². The van der Waals surface area contributed by atoms with Crippen LogP contribution >= 0.6 is 0 Å². The fourth-order valence-electron chi connectivity index (χ4n) is 8.29. The van der Waals surface area contributed by atoms with Gasteiger partial charge < -0.3 is 9.80 Å². The van der Waals surface area contributed by atoms with E-state index in [2.05, 4.69) is 218 Å². The minimum Gasteiger partial charge on any atom is -0.309 e.